The number of halogens is 3. The number of nitrogens with two attached hydrogens (primary N) is 1. The number of nitrogen functional groups attached to an aromatic ring is 1. The third-order valence-electron chi connectivity index (χ3n) is 6.83. The van der Waals surface area contributed by atoms with Crippen molar-refractivity contribution < 1.29 is 22.5 Å². The molecule has 0 bridgehead atoms. The summed E-state index contributed by atoms with van der Waals surface area (Å²) in [5, 5.41) is 4.54. The monoisotopic (exact) mass is 521 g/mol. The highest BCUT2D eigenvalue weighted by atomic mass is 31.2. The van der Waals surface area contributed by atoms with Crippen LogP contribution in [0.2, 0.25) is 0 Å². The number of anilines is 2. The molecule has 2 heterocycles. The number of hydrogen-bond acceptors (Lipinski definition) is 7. The van der Waals surface area contributed by atoms with Crippen LogP contribution in [0.5, 0.6) is 5.75 Å². The second-order valence-electron chi connectivity index (χ2n) is 9.45. The minimum absolute atomic E-state index is 0.0349. The smallest absolute Gasteiger partial charge is 0.416 e. The molecule has 0 aliphatic carbocycles. The van der Waals surface area contributed by atoms with Gasteiger partial charge in [0.15, 0.2) is 0 Å². The van der Waals surface area contributed by atoms with Crippen LogP contribution < -0.4 is 21.1 Å². The largest absolute Gasteiger partial charge is 0.496 e. The lowest BCUT2D eigenvalue weighted by Gasteiger charge is -2.30. The van der Waals surface area contributed by atoms with Gasteiger partial charge in [-0.2, -0.15) is 13.2 Å². The third kappa shape index (κ3) is 5.02. The Kier molecular flexibility index (Phi) is 6.96. The summed E-state index contributed by atoms with van der Waals surface area (Å²) in [6, 6.07) is 5.54. The molecule has 0 radical (unpaired) electrons. The predicted molar refractivity (Wildman–Crippen MR) is 138 cm³/mol. The van der Waals surface area contributed by atoms with Gasteiger partial charge in [-0.15, -0.1) is 0 Å². The van der Waals surface area contributed by atoms with Gasteiger partial charge in [-0.05, 0) is 57.1 Å². The van der Waals surface area contributed by atoms with Crippen molar-refractivity contribution in [1.29, 1.82) is 0 Å². The summed E-state index contributed by atoms with van der Waals surface area (Å²) in [4.78, 5) is 11.2. The topological polar surface area (TPSA) is 93.4 Å². The van der Waals surface area contributed by atoms with E-state index in [1.54, 1.807) is 33.1 Å². The van der Waals surface area contributed by atoms with Crippen molar-refractivity contribution in [1.82, 2.24) is 14.9 Å². The highest BCUT2D eigenvalue weighted by Crippen LogP contribution is 2.49. The van der Waals surface area contributed by atoms with Gasteiger partial charge in [0.2, 0.25) is 0 Å². The predicted octanol–water partition coefficient (Wildman–Crippen LogP) is 4.96. The lowest BCUT2D eigenvalue weighted by molar-refractivity contribution is -0.138. The first-order chi connectivity index (χ1) is 16.8. The Morgan fingerprint density at radius 2 is 1.81 bits per heavy atom. The standard InChI is InChI=1S/C25H31F3N5O2P/c1-14-18(10-17(29)11-20(14)25(26,27)28)15(2)30-24-19-12-23(36(34)8-6-33(4)7-9-36)22(35-5)13-21(19)31-16(3)32-24/h10-13,15H,6-9,29H2,1-5H3,(H,30,31,32)/t15-/m1/s1. The molecule has 0 spiro atoms. The van der Waals surface area contributed by atoms with Gasteiger partial charge < -0.3 is 25.3 Å². The molecule has 4 rings (SSSR count). The number of nitrogens with one attached hydrogen (secondary N) is 1. The van der Waals surface area contributed by atoms with E-state index in [0.29, 0.717) is 51.5 Å². The fraction of sp³-hybridized carbons (Fsp3) is 0.440. The molecule has 1 fully saturated rings. The number of aryl methyl sites for hydroxylation is 1. The van der Waals surface area contributed by atoms with E-state index in [1.807, 2.05) is 13.1 Å². The molecule has 0 amide bonds. The van der Waals surface area contributed by atoms with Gasteiger partial charge in [-0.3, -0.25) is 0 Å². The van der Waals surface area contributed by atoms with Crippen LogP contribution in [0.3, 0.4) is 0 Å². The van der Waals surface area contributed by atoms with Crippen LogP contribution in [0, 0.1) is 13.8 Å². The molecule has 194 valence electrons. The van der Waals surface area contributed by atoms with Crippen LogP contribution in [0.4, 0.5) is 24.7 Å². The lowest BCUT2D eigenvalue weighted by atomic mass is 9.96. The lowest BCUT2D eigenvalue weighted by Crippen LogP contribution is -2.34. The molecule has 1 saturated heterocycles. The number of aromatic nitrogens is 2. The van der Waals surface area contributed by atoms with Gasteiger partial charge in [0.25, 0.3) is 0 Å². The van der Waals surface area contributed by atoms with E-state index in [1.165, 1.54) is 6.92 Å². The molecule has 3 aromatic rings. The van der Waals surface area contributed by atoms with Crippen LogP contribution in [-0.4, -0.2) is 54.4 Å². The zero-order chi connectivity index (χ0) is 26.4. The Balaban J connectivity index is 1.81. The molecular formula is C25H31F3N5O2P. The molecule has 7 nitrogen and oxygen atoms in total. The van der Waals surface area contributed by atoms with Crippen molar-refractivity contribution in [3.63, 3.8) is 0 Å². The normalized spacial score (nSPS) is 17.2. The van der Waals surface area contributed by atoms with Gasteiger partial charge in [0, 0.05) is 42.6 Å². The average Bonchev–Trinajstić information content (AvgIpc) is 2.80. The number of rotatable bonds is 5. The summed E-state index contributed by atoms with van der Waals surface area (Å²) in [6.45, 7) is 6.38. The summed E-state index contributed by atoms with van der Waals surface area (Å²) in [5.41, 5.74) is 6.22. The van der Waals surface area contributed by atoms with E-state index in [4.69, 9.17) is 10.5 Å². The number of benzene rings is 2. The molecule has 1 aliphatic heterocycles. The Bertz CT molecular complexity index is 1350. The summed E-state index contributed by atoms with van der Waals surface area (Å²) in [7, 11) is 0.832. The highest BCUT2D eigenvalue weighted by molar-refractivity contribution is 7.72. The Morgan fingerprint density at radius 3 is 2.42 bits per heavy atom. The zero-order valence-electron chi connectivity index (χ0n) is 21.0. The van der Waals surface area contributed by atoms with Crippen molar-refractivity contribution in [3.8, 4) is 5.75 Å². The maximum absolute atomic E-state index is 14.0. The van der Waals surface area contributed by atoms with Gasteiger partial charge in [-0.25, -0.2) is 9.97 Å². The number of alkyl halides is 3. The Labute approximate surface area is 208 Å². The Morgan fingerprint density at radius 1 is 1.14 bits per heavy atom. The van der Waals surface area contributed by atoms with Crippen molar-refractivity contribution >= 4 is 34.9 Å². The van der Waals surface area contributed by atoms with E-state index in [-0.39, 0.29) is 11.3 Å². The number of nitrogens with zero attached hydrogens (tertiary/aromatic N) is 3. The van der Waals surface area contributed by atoms with E-state index in [2.05, 4.69) is 20.2 Å². The highest BCUT2D eigenvalue weighted by Gasteiger charge is 2.35. The molecule has 36 heavy (non-hydrogen) atoms. The van der Waals surface area contributed by atoms with Gasteiger partial charge in [0.05, 0.1) is 29.5 Å². The third-order valence-corrected chi connectivity index (χ3v) is 9.90. The summed E-state index contributed by atoms with van der Waals surface area (Å²) in [6.07, 6.45) is -3.43. The number of hydrogen-bond donors (Lipinski definition) is 2. The first kappa shape index (κ1) is 26.2. The number of fused-ring (bicyclic) bond motifs is 1. The fourth-order valence-electron chi connectivity index (χ4n) is 4.77. The SMILES string of the molecule is COc1cc2nc(C)nc(N[C@H](C)c3cc(N)cc(C(F)(F)F)c3C)c2cc1P1(=O)CCN(C)CC1. The van der Waals surface area contributed by atoms with E-state index in [9.17, 15) is 17.7 Å². The van der Waals surface area contributed by atoms with Crippen molar-refractivity contribution in [2.75, 3.05) is 50.6 Å². The molecule has 0 unspecified atom stereocenters. The average molecular weight is 522 g/mol. The van der Waals surface area contributed by atoms with Crippen molar-refractivity contribution in [2.45, 2.75) is 33.0 Å². The van der Waals surface area contributed by atoms with Gasteiger partial charge >= 0.3 is 6.18 Å². The number of methoxy groups -OCH3 is 1. The van der Waals surface area contributed by atoms with Crippen LogP contribution in [0.25, 0.3) is 10.9 Å². The summed E-state index contributed by atoms with van der Waals surface area (Å²) in [5.74, 6) is 1.46. The van der Waals surface area contributed by atoms with Crippen LogP contribution in [-0.2, 0) is 10.7 Å². The Hall–Kier alpha value is -2.84. The van der Waals surface area contributed by atoms with Crippen molar-refractivity contribution in [2.24, 2.45) is 0 Å². The van der Waals surface area contributed by atoms with Crippen molar-refractivity contribution in [3.05, 3.63) is 46.8 Å². The van der Waals surface area contributed by atoms with E-state index < -0.39 is 24.9 Å². The maximum atomic E-state index is 14.0. The molecule has 0 saturated carbocycles. The minimum atomic E-state index is -4.52. The first-order valence-corrected chi connectivity index (χ1v) is 13.8. The zero-order valence-corrected chi connectivity index (χ0v) is 21.9. The van der Waals surface area contributed by atoms with E-state index in [0.717, 1.165) is 19.2 Å². The summed E-state index contributed by atoms with van der Waals surface area (Å²) < 4.78 is 60.3. The maximum Gasteiger partial charge on any atom is 0.416 e. The van der Waals surface area contributed by atoms with E-state index >= 15 is 0 Å². The number of ether oxygens (including phenoxy) is 1. The van der Waals surface area contributed by atoms with Crippen LogP contribution >= 0.6 is 7.14 Å². The minimum Gasteiger partial charge on any atom is -0.496 e. The van der Waals surface area contributed by atoms with Crippen LogP contribution in [0.1, 0.15) is 35.5 Å². The molecule has 1 aliphatic rings. The molecule has 2 aromatic carbocycles. The first-order valence-electron chi connectivity index (χ1n) is 11.7. The second-order valence-corrected chi connectivity index (χ2v) is 12.6. The molecular weight excluding hydrogens is 490 g/mol. The molecule has 3 N–H and O–H groups in total. The second kappa shape index (κ2) is 9.56. The van der Waals surface area contributed by atoms with Gasteiger partial charge in [-0.1, -0.05) is 0 Å². The van der Waals surface area contributed by atoms with Gasteiger partial charge in [0.1, 0.15) is 24.5 Å². The fourth-order valence-corrected chi connectivity index (χ4v) is 7.73. The quantitative estimate of drug-likeness (QED) is 0.362. The molecule has 1 aromatic heterocycles. The molecule has 11 heteroatoms. The summed E-state index contributed by atoms with van der Waals surface area (Å²) >= 11 is 0. The molecule has 1 atom stereocenters. The van der Waals surface area contributed by atoms with Crippen LogP contribution in [0.15, 0.2) is 24.3 Å².